The number of carboxylic acids is 1. The van der Waals surface area contributed by atoms with Gasteiger partial charge in [-0.15, -0.1) is 0 Å². The van der Waals surface area contributed by atoms with E-state index < -0.39 is 17.3 Å². The fourth-order valence-electron chi connectivity index (χ4n) is 3.36. The van der Waals surface area contributed by atoms with Crippen LogP contribution in [0.5, 0.6) is 0 Å². The Balaban J connectivity index is 1.73. The molecule has 0 aromatic heterocycles. The van der Waals surface area contributed by atoms with Gasteiger partial charge in [0.2, 0.25) is 11.8 Å². The third kappa shape index (κ3) is 3.20. The summed E-state index contributed by atoms with van der Waals surface area (Å²) in [6, 6.07) is 4.91. The van der Waals surface area contributed by atoms with Gasteiger partial charge in [0.15, 0.2) is 0 Å². The van der Waals surface area contributed by atoms with Gasteiger partial charge in [-0.1, -0.05) is 23.2 Å². The van der Waals surface area contributed by atoms with E-state index >= 15 is 0 Å². The average molecular weight is 385 g/mol. The second-order valence-electron chi connectivity index (χ2n) is 6.81. The molecule has 0 bridgehead atoms. The van der Waals surface area contributed by atoms with Gasteiger partial charge in [0.25, 0.3) is 0 Å². The molecule has 1 aromatic rings. The van der Waals surface area contributed by atoms with Gasteiger partial charge in [-0.2, -0.15) is 0 Å². The first-order valence-electron chi connectivity index (χ1n) is 8.01. The third-order valence-electron chi connectivity index (χ3n) is 5.02. The number of carboxylic acid groups (broad SMARTS) is 1. The van der Waals surface area contributed by atoms with Crippen LogP contribution in [0.4, 0.5) is 5.69 Å². The molecule has 0 aliphatic carbocycles. The molecule has 25 heavy (non-hydrogen) atoms. The Morgan fingerprint density at radius 1 is 1.24 bits per heavy atom. The van der Waals surface area contributed by atoms with Crippen molar-refractivity contribution in [2.75, 3.05) is 24.5 Å². The zero-order chi connectivity index (χ0) is 18.4. The van der Waals surface area contributed by atoms with Gasteiger partial charge >= 0.3 is 5.97 Å². The van der Waals surface area contributed by atoms with Gasteiger partial charge in [0.05, 0.1) is 15.5 Å². The van der Waals surface area contributed by atoms with Gasteiger partial charge in [-0.3, -0.25) is 14.4 Å². The van der Waals surface area contributed by atoms with Gasteiger partial charge in [-0.25, -0.2) is 0 Å². The van der Waals surface area contributed by atoms with Crippen molar-refractivity contribution in [2.45, 2.75) is 19.8 Å². The molecule has 0 spiro atoms. The highest BCUT2D eigenvalue weighted by atomic mass is 35.5. The second-order valence-corrected chi connectivity index (χ2v) is 7.62. The standard InChI is InChI=1S/C17H18Cl2N2O4/c1-17(16(24)25)5-7-20(9-17)14(22)11-4-6-21(15(11)23)10-2-3-12(18)13(19)8-10/h2-3,8,11H,4-7,9H2,1H3,(H,24,25). The Kier molecular flexibility index (Phi) is 4.68. The molecule has 3 rings (SSSR count). The van der Waals surface area contributed by atoms with Crippen molar-refractivity contribution in [1.29, 1.82) is 0 Å². The number of carbonyl (C=O) groups is 3. The van der Waals surface area contributed by atoms with Crippen LogP contribution in [0.2, 0.25) is 10.0 Å². The van der Waals surface area contributed by atoms with E-state index in [0.29, 0.717) is 41.7 Å². The summed E-state index contributed by atoms with van der Waals surface area (Å²) < 4.78 is 0. The summed E-state index contributed by atoms with van der Waals surface area (Å²) in [6.07, 6.45) is 0.795. The number of halogens is 2. The minimum absolute atomic E-state index is 0.137. The lowest BCUT2D eigenvalue weighted by molar-refractivity contribution is -0.147. The molecule has 2 saturated heterocycles. The zero-order valence-electron chi connectivity index (χ0n) is 13.7. The van der Waals surface area contributed by atoms with Crippen molar-refractivity contribution in [3.63, 3.8) is 0 Å². The quantitative estimate of drug-likeness (QED) is 0.812. The van der Waals surface area contributed by atoms with Crippen LogP contribution >= 0.6 is 23.2 Å². The second kappa shape index (κ2) is 6.50. The number of anilines is 1. The summed E-state index contributed by atoms with van der Waals surface area (Å²) in [7, 11) is 0. The van der Waals surface area contributed by atoms with Crippen LogP contribution < -0.4 is 4.90 Å². The molecule has 1 aromatic carbocycles. The predicted octanol–water partition coefficient (Wildman–Crippen LogP) is 2.67. The van der Waals surface area contributed by atoms with Crippen molar-refractivity contribution in [1.82, 2.24) is 4.90 Å². The number of likely N-dealkylation sites (tertiary alicyclic amines) is 1. The average Bonchev–Trinajstić information content (AvgIpc) is 3.14. The molecule has 134 valence electrons. The maximum atomic E-state index is 12.7. The highest BCUT2D eigenvalue weighted by Crippen LogP contribution is 2.34. The van der Waals surface area contributed by atoms with Crippen LogP contribution in [0, 0.1) is 11.3 Å². The number of aliphatic carboxylic acids is 1. The molecule has 2 unspecified atom stereocenters. The van der Waals surface area contributed by atoms with E-state index in [1.54, 1.807) is 25.1 Å². The highest BCUT2D eigenvalue weighted by molar-refractivity contribution is 6.42. The molecule has 2 aliphatic heterocycles. The first-order valence-corrected chi connectivity index (χ1v) is 8.77. The lowest BCUT2D eigenvalue weighted by Gasteiger charge is -2.23. The number of benzene rings is 1. The number of carbonyl (C=O) groups excluding carboxylic acids is 2. The smallest absolute Gasteiger partial charge is 0.311 e. The summed E-state index contributed by atoms with van der Waals surface area (Å²) in [5.74, 6) is -2.27. The first-order chi connectivity index (χ1) is 11.7. The van der Waals surface area contributed by atoms with Gasteiger partial charge in [0.1, 0.15) is 5.92 Å². The fourth-order valence-corrected chi connectivity index (χ4v) is 3.65. The topological polar surface area (TPSA) is 77.9 Å². The Labute approximate surface area is 155 Å². The summed E-state index contributed by atoms with van der Waals surface area (Å²) >= 11 is 11.9. The molecular formula is C17H18Cl2N2O4. The van der Waals surface area contributed by atoms with Crippen LogP contribution in [0.25, 0.3) is 0 Å². The van der Waals surface area contributed by atoms with E-state index in [0.717, 1.165) is 0 Å². The van der Waals surface area contributed by atoms with E-state index in [1.807, 2.05) is 0 Å². The fraction of sp³-hybridized carbons (Fsp3) is 0.471. The maximum absolute atomic E-state index is 12.7. The van der Waals surface area contributed by atoms with E-state index in [9.17, 15) is 19.5 Å². The van der Waals surface area contributed by atoms with E-state index in [2.05, 4.69) is 0 Å². The zero-order valence-corrected chi connectivity index (χ0v) is 15.2. The monoisotopic (exact) mass is 384 g/mol. The van der Waals surface area contributed by atoms with Crippen LogP contribution in [0.3, 0.4) is 0 Å². The van der Waals surface area contributed by atoms with Crippen molar-refractivity contribution < 1.29 is 19.5 Å². The minimum Gasteiger partial charge on any atom is -0.481 e. The van der Waals surface area contributed by atoms with Crippen LogP contribution in [-0.4, -0.2) is 47.4 Å². The molecule has 2 atom stereocenters. The Morgan fingerprint density at radius 2 is 1.96 bits per heavy atom. The summed E-state index contributed by atoms with van der Waals surface area (Å²) in [6.45, 7) is 2.54. The molecule has 2 heterocycles. The van der Waals surface area contributed by atoms with Crippen LogP contribution in [0.15, 0.2) is 18.2 Å². The summed E-state index contributed by atoms with van der Waals surface area (Å²) in [5, 5.41) is 10.0. The molecule has 8 heteroatoms. The molecule has 0 radical (unpaired) electrons. The summed E-state index contributed by atoms with van der Waals surface area (Å²) in [4.78, 5) is 39.7. The van der Waals surface area contributed by atoms with E-state index in [4.69, 9.17) is 23.2 Å². The van der Waals surface area contributed by atoms with Crippen molar-refractivity contribution in [2.24, 2.45) is 11.3 Å². The maximum Gasteiger partial charge on any atom is 0.311 e. The third-order valence-corrected chi connectivity index (χ3v) is 5.76. The molecule has 6 nitrogen and oxygen atoms in total. The lowest BCUT2D eigenvalue weighted by atomic mass is 9.90. The highest BCUT2D eigenvalue weighted by Gasteiger charge is 2.46. The van der Waals surface area contributed by atoms with Crippen LogP contribution in [0.1, 0.15) is 19.8 Å². The largest absolute Gasteiger partial charge is 0.481 e. The van der Waals surface area contributed by atoms with Crippen molar-refractivity contribution >= 4 is 46.7 Å². The Hall–Kier alpha value is -1.79. The molecule has 0 saturated carbocycles. The van der Waals surface area contributed by atoms with Gasteiger partial charge in [-0.05, 0) is 38.0 Å². The summed E-state index contributed by atoms with van der Waals surface area (Å²) in [5.41, 5.74) is -0.341. The molecule has 1 N–H and O–H groups in total. The Morgan fingerprint density at radius 3 is 2.56 bits per heavy atom. The number of nitrogens with zero attached hydrogens (tertiary/aromatic N) is 2. The lowest BCUT2D eigenvalue weighted by Crippen LogP contribution is -2.41. The van der Waals surface area contributed by atoms with Crippen LogP contribution in [-0.2, 0) is 14.4 Å². The van der Waals surface area contributed by atoms with Crippen molar-refractivity contribution in [3.05, 3.63) is 28.2 Å². The molecule has 2 fully saturated rings. The number of hydrogen-bond donors (Lipinski definition) is 1. The number of amides is 2. The molecular weight excluding hydrogens is 367 g/mol. The minimum atomic E-state index is -0.944. The van der Waals surface area contributed by atoms with E-state index in [1.165, 1.54) is 9.80 Å². The number of hydrogen-bond acceptors (Lipinski definition) is 3. The molecule has 2 aliphatic rings. The van der Waals surface area contributed by atoms with E-state index in [-0.39, 0.29) is 18.4 Å². The predicted molar refractivity (Wildman–Crippen MR) is 93.9 cm³/mol. The SMILES string of the molecule is CC1(C(=O)O)CCN(C(=O)C2CCN(c3ccc(Cl)c(Cl)c3)C2=O)C1. The molecule has 2 amide bonds. The Bertz CT molecular complexity index is 754. The normalized spacial score (nSPS) is 26.4. The first kappa shape index (κ1) is 18.0. The van der Waals surface area contributed by atoms with Gasteiger partial charge < -0.3 is 14.9 Å². The van der Waals surface area contributed by atoms with Crippen molar-refractivity contribution in [3.8, 4) is 0 Å². The van der Waals surface area contributed by atoms with Gasteiger partial charge in [0, 0.05) is 25.3 Å². The number of rotatable bonds is 3.